The summed E-state index contributed by atoms with van der Waals surface area (Å²) in [6, 6.07) is 0. The van der Waals surface area contributed by atoms with Crippen LogP contribution >= 0.6 is 11.8 Å². The summed E-state index contributed by atoms with van der Waals surface area (Å²) in [4.78, 5) is 10.9. The molecule has 2 nitrogen and oxygen atoms in total. The molecule has 0 radical (unpaired) electrons. The van der Waals surface area contributed by atoms with Gasteiger partial charge in [0.2, 0.25) is 0 Å². The van der Waals surface area contributed by atoms with Crippen molar-refractivity contribution in [2.24, 2.45) is 5.92 Å². The summed E-state index contributed by atoms with van der Waals surface area (Å²) >= 11 is 1.62. The van der Waals surface area contributed by atoms with E-state index in [1.807, 2.05) is 0 Å². The normalized spacial score (nSPS) is 34.3. The van der Waals surface area contributed by atoms with Crippen LogP contribution in [0.4, 0.5) is 0 Å². The molecule has 1 aliphatic carbocycles. The molecule has 0 saturated heterocycles. The van der Waals surface area contributed by atoms with E-state index in [9.17, 15) is 4.79 Å². The Balaban J connectivity index is 2.45. The molecule has 1 aliphatic rings. The van der Waals surface area contributed by atoms with Crippen molar-refractivity contribution in [1.29, 1.82) is 0 Å². The molecule has 0 unspecified atom stereocenters. The minimum Gasteiger partial charge on any atom is -0.480 e. The summed E-state index contributed by atoms with van der Waals surface area (Å²) in [6.07, 6.45) is 2.77. The first-order valence-corrected chi connectivity index (χ1v) is 5.46. The Kier molecular flexibility index (Phi) is 3.04. The van der Waals surface area contributed by atoms with Gasteiger partial charge in [-0.3, -0.25) is 4.79 Å². The van der Waals surface area contributed by atoms with Gasteiger partial charge >= 0.3 is 5.97 Å². The number of thioether (sulfide) groups is 1. The topological polar surface area (TPSA) is 37.3 Å². The first-order valence-electron chi connectivity index (χ1n) is 4.48. The fourth-order valence-corrected chi connectivity index (χ4v) is 3.24. The van der Waals surface area contributed by atoms with Gasteiger partial charge < -0.3 is 5.11 Å². The summed E-state index contributed by atoms with van der Waals surface area (Å²) in [5.74, 6) is 0.962. The van der Waals surface area contributed by atoms with E-state index >= 15 is 0 Å². The molecular weight excluding hydrogens is 172 g/mol. The van der Waals surface area contributed by atoms with E-state index in [-0.39, 0.29) is 0 Å². The van der Waals surface area contributed by atoms with Crippen molar-refractivity contribution in [2.45, 2.75) is 37.9 Å². The largest absolute Gasteiger partial charge is 0.480 e. The van der Waals surface area contributed by atoms with E-state index < -0.39 is 10.7 Å². The second kappa shape index (κ2) is 3.69. The van der Waals surface area contributed by atoms with Gasteiger partial charge in [-0.05, 0) is 30.9 Å². The monoisotopic (exact) mass is 188 g/mol. The van der Waals surface area contributed by atoms with Crippen LogP contribution in [0.2, 0.25) is 0 Å². The van der Waals surface area contributed by atoms with Crippen molar-refractivity contribution in [1.82, 2.24) is 0 Å². The lowest BCUT2D eigenvalue weighted by Gasteiger charge is -2.42. The third-order valence-electron chi connectivity index (χ3n) is 2.33. The summed E-state index contributed by atoms with van der Waals surface area (Å²) in [6.45, 7) is 4.21. The fourth-order valence-electron chi connectivity index (χ4n) is 1.72. The summed E-state index contributed by atoms with van der Waals surface area (Å²) < 4.78 is -0.421. The van der Waals surface area contributed by atoms with E-state index in [0.29, 0.717) is 5.92 Å². The molecule has 0 aromatic heterocycles. The number of carboxylic acids is 1. The molecule has 1 saturated carbocycles. The van der Waals surface area contributed by atoms with Crippen LogP contribution in [-0.4, -0.2) is 21.6 Å². The zero-order valence-corrected chi connectivity index (χ0v) is 8.49. The Labute approximate surface area is 77.7 Å². The molecule has 0 aliphatic heterocycles. The Morgan fingerprint density at radius 2 is 2.25 bits per heavy atom. The van der Waals surface area contributed by atoms with Crippen LogP contribution in [0, 0.1) is 5.92 Å². The lowest BCUT2D eigenvalue weighted by Crippen LogP contribution is -2.47. The first kappa shape index (κ1) is 9.90. The van der Waals surface area contributed by atoms with E-state index in [1.54, 1.807) is 11.8 Å². The van der Waals surface area contributed by atoms with Crippen LogP contribution in [0.15, 0.2) is 0 Å². The van der Waals surface area contributed by atoms with Gasteiger partial charge in [-0.15, -0.1) is 11.8 Å². The third kappa shape index (κ3) is 1.76. The minimum atomic E-state index is -0.612. The quantitative estimate of drug-likeness (QED) is 0.736. The van der Waals surface area contributed by atoms with Crippen molar-refractivity contribution in [3.05, 3.63) is 0 Å². The molecule has 3 heteroatoms. The van der Waals surface area contributed by atoms with Crippen LogP contribution in [0.25, 0.3) is 0 Å². The predicted molar refractivity (Wildman–Crippen MR) is 51.5 cm³/mol. The SMILES string of the molecule is CCCSC1(C(=O)O)CC(C)C1. The van der Waals surface area contributed by atoms with Crippen LogP contribution in [0.5, 0.6) is 0 Å². The molecule has 12 heavy (non-hydrogen) atoms. The van der Waals surface area contributed by atoms with Crippen LogP contribution < -0.4 is 0 Å². The standard InChI is InChI=1S/C9H16O2S/c1-3-4-12-9(8(10)11)5-7(2)6-9/h7H,3-6H2,1-2H3,(H,10,11). The molecule has 1 rings (SSSR count). The van der Waals surface area contributed by atoms with Crippen molar-refractivity contribution in [3.8, 4) is 0 Å². The minimum absolute atomic E-state index is 0.421. The van der Waals surface area contributed by atoms with Crippen LogP contribution in [0.1, 0.15) is 33.1 Å². The highest BCUT2D eigenvalue weighted by atomic mass is 32.2. The first-order chi connectivity index (χ1) is 5.60. The zero-order chi connectivity index (χ0) is 9.19. The number of hydrogen-bond acceptors (Lipinski definition) is 2. The Bertz CT molecular complexity index is 173. The second-order valence-electron chi connectivity index (χ2n) is 3.66. The zero-order valence-electron chi connectivity index (χ0n) is 7.67. The smallest absolute Gasteiger partial charge is 0.319 e. The second-order valence-corrected chi connectivity index (χ2v) is 5.14. The molecule has 0 atom stereocenters. The summed E-state index contributed by atoms with van der Waals surface area (Å²) in [7, 11) is 0. The van der Waals surface area contributed by atoms with Gasteiger partial charge in [0.15, 0.2) is 0 Å². The van der Waals surface area contributed by atoms with Gasteiger partial charge in [-0.1, -0.05) is 13.8 Å². The van der Waals surface area contributed by atoms with E-state index in [1.165, 1.54) is 0 Å². The number of aliphatic carboxylic acids is 1. The van der Waals surface area contributed by atoms with E-state index in [4.69, 9.17) is 5.11 Å². The highest BCUT2D eigenvalue weighted by molar-refractivity contribution is 8.01. The summed E-state index contributed by atoms with van der Waals surface area (Å²) in [5.41, 5.74) is 0. The maximum Gasteiger partial charge on any atom is 0.319 e. The average molecular weight is 188 g/mol. The van der Waals surface area contributed by atoms with Gasteiger partial charge in [0.25, 0.3) is 0 Å². The molecule has 0 amide bonds. The van der Waals surface area contributed by atoms with Crippen LogP contribution in [0.3, 0.4) is 0 Å². The molecule has 0 spiro atoms. The Morgan fingerprint density at radius 3 is 2.58 bits per heavy atom. The van der Waals surface area contributed by atoms with Crippen molar-refractivity contribution < 1.29 is 9.90 Å². The maximum atomic E-state index is 10.9. The van der Waals surface area contributed by atoms with Gasteiger partial charge in [0.05, 0.1) is 0 Å². The lowest BCUT2D eigenvalue weighted by molar-refractivity contribution is -0.143. The molecule has 70 valence electrons. The molecule has 0 aromatic rings. The Hall–Kier alpha value is -0.180. The fraction of sp³-hybridized carbons (Fsp3) is 0.889. The highest BCUT2D eigenvalue weighted by Gasteiger charge is 2.48. The summed E-state index contributed by atoms with van der Waals surface area (Å²) in [5, 5.41) is 9.01. The van der Waals surface area contributed by atoms with E-state index in [2.05, 4.69) is 13.8 Å². The van der Waals surface area contributed by atoms with Crippen molar-refractivity contribution in [3.63, 3.8) is 0 Å². The average Bonchev–Trinajstić information content (AvgIpc) is 1.95. The lowest BCUT2D eigenvalue weighted by atomic mass is 9.75. The molecule has 0 heterocycles. The Morgan fingerprint density at radius 1 is 1.67 bits per heavy atom. The van der Waals surface area contributed by atoms with E-state index in [0.717, 1.165) is 25.0 Å². The van der Waals surface area contributed by atoms with Gasteiger partial charge in [0, 0.05) is 0 Å². The number of hydrogen-bond donors (Lipinski definition) is 1. The maximum absolute atomic E-state index is 10.9. The molecule has 0 aromatic carbocycles. The van der Waals surface area contributed by atoms with Gasteiger partial charge in [0.1, 0.15) is 4.75 Å². The van der Waals surface area contributed by atoms with Gasteiger partial charge in [-0.2, -0.15) is 0 Å². The number of carboxylic acid groups (broad SMARTS) is 1. The van der Waals surface area contributed by atoms with Crippen molar-refractivity contribution >= 4 is 17.7 Å². The molecule has 0 bridgehead atoms. The molecular formula is C9H16O2S. The molecule has 1 N–H and O–H groups in total. The number of rotatable bonds is 4. The molecule has 1 fully saturated rings. The van der Waals surface area contributed by atoms with Crippen LogP contribution in [-0.2, 0) is 4.79 Å². The van der Waals surface area contributed by atoms with Gasteiger partial charge in [-0.25, -0.2) is 0 Å². The predicted octanol–water partition coefficient (Wildman–Crippen LogP) is 2.38. The third-order valence-corrected chi connectivity index (χ3v) is 4.00. The van der Waals surface area contributed by atoms with Crippen molar-refractivity contribution in [2.75, 3.05) is 5.75 Å². The number of carbonyl (C=O) groups is 1. The highest BCUT2D eigenvalue weighted by Crippen LogP contribution is 2.48.